The summed E-state index contributed by atoms with van der Waals surface area (Å²) in [5.41, 5.74) is 1.22. The van der Waals surface area contributed by atoms with Crippen molar-refractivity contribution in [1.82, 2.24) is 10.2 Å². The number of rotatable bonds is 2. The van der Waals surface area contributed by atoms with Crippen LogP contribution in [0.15, 0.2) is 18.2 Å². The molecule has 2 aliphatic rings. The molecule has 0 aromatic heterocycles. The molecular formula is C14H18Cl2N2. The molecule has 2 aliphatic heterocycles. The van der Waals surface area contributed by atoms with E-state index in [0.29, 0.717) is 6.04 Å². The van der Waals surface area contributed by atoms with Crippen LogP contribution in [0.1, 0.15) is 12.5 Å². The van der Waals surface area contributed by atoms with Gasteiger partial charge in [-0.2, -0.15) is 0 Å². The molecule has 98 valence electrons. The standard InChI is InChI=1S/C14H18Cl2N2/c1-9-14-6-17-5-11(14)8-18(9)7-10-2-12(15)4-13(16)3-10/h2-4,9,11,14,17H,5-8H2,1H3. The first-order valence-corrected chi connectivity index (χ1v) is 7.29. The Hall–Kier alpha value is -0.280. The number of hydrogen-bond acceptors (Lipinski definition) is 2. The summed E-state index contributed by atoms with van der Waals surface area (Å²) in [6, 6.07) is 6.47. The van der Waals surface area contributed by atoms with E-state index in [4.69, 9.17) is 23.2 Å². The summed E-state index contributed by atoms with van der Waals surface area (Å²) in [5, 5.41) is 4.94. The van der Waals surface area contributed by atoms with E-state index in [-0.39, 0.29) is 0 Å². The number of nitrogens with one attached hydrogen (secondary N) is 1. The van der Waals surface area contributed by atoms with Gasteiger partial charge in [-0.05, 0) is 55.6 Å². The molecule has 18 heavy (non-hydrogen) atoms. The number of hydrogen-bond donors (Lipinski definition) is 1. The zero-order valence-electron chi connectivity index (χ0n) is 10.5. The summed E-state index contributed by atoms with van der Waals surface area (Å²) in [5.74, 6) is 1.62. The van der Waals surface area contributed by atoms with Gasteiger partial charge in [0.15, 0.2) is 0 Å². The van der Waals surface area contributed by atoms with E-state index in [2.05, 4.69) is 17.1 Å². The molecule has 3 atom stereocenters. The van der Waals surface area contributed by atoms with Gasteiger partial charge < -0.3 is 5.32 Å². The Bertz CT molecular complexity index is 429. The molecular weight excluding hydrogens is 267 g/mol. The van der Waals surface area contributed by atoms with E-state index >= 15 is 0 Å². The molecule has 1 aromatic rings. The highest BCUT2D eigenvalue weighted by molar-refractivity contribution is 6.34. The van der Waals surface area contributed by atoms with E-state index in [0.717, 1.165) is 28.4 Å². The predicted molar refractivity (Wildman–Crippen MR) is 76.2 cm³/mol. The van der Waals surface area contributed by atoms with Crippen LogP contribution >= 0.6 is 23.2 Å². The minimum absolute atomic E-state index is 0.641. The van der Waals surface area contributed by atoms with Crippen LogP contribution < -0.4 is 5.32 Å². The topological polar surface area (TPSA) is 15.3 Å². The van der Waals surface area contributed by atoms with Crippen molar-refractivity contribution in [2.75, 3.05) is 19.6 Å². The molecule has 3 unspecified atom stereocenters. The van der Waals surface area contributed by atoms with Crippen molar-refractivity contribution in [2.45, 2.75) is 19.5 Å². The molecule has 2 saturated heterocycles. The molecule has 4 heteroatoms. The summed E-state index contributed by atoms with van der Waals surface area (Å²) < 4.78 is 0. The molecule has 3 rings (SSSR count). The zero-order valence-corrected chi connectivity index (χ0v) is 12.0. The normalized spacial score (nSPS) is 31.8. The first-order valence-electron chi connectivity index (χ1n) is 6.53. The number of fused-ring (bicyclic) bond motifs is 1. The monoisotopic (exact) mass is 284 g/mol. The Labute approximate surface area is 118 Å². The lowest BCUT2D eigenvalue weighted by atomic mass is 9.95. The van der Waals surface area contributed by atoms with Crippen LogP contribution in [0.5, 0.6) is 0 Å². The maximum atomic E-state index is 6.05. The summed E-state index contributed by atoms with van der Waals surface area (Å²) in [6.45, 7) is 6.81. The Kier molecular flexibility index (Phi) is 3.55. The molecule has 0 bridgehead atoms. The van der Waals surface area contributed by atoms with Crippen molar-refractivity contribution < 1.29 is 0 Å². The van der Waals surface area contributed by atoms with Crippen LogP contribution in [0, 0.1) is 11.8 Å². The lowest BCUT2D eigenvalue weighted by Gasteiger charge is -2.24. The fourth-order valence-corrected chi connectivity index (χ4v) is 3.97. The molecule has 0 saturated carbocycles. The van der Waals surface area contributed by atoms with Crippen molar-refractivity contribution in [3.8, 4) is 0 Å². The van der Waals surface area contributed by atoms with Crippen molar-refractivity contribution in [2.24, 2.45) is 11.8 Å². The predicted octanol–water partition coefficient (Wildman–Crippen LogP) is 3.03. The maximum absolute atomic E-state index is 6.05. The van der Waals surface area contributed by atoms with Crippen LogP contribution in [0.4, 0.5) is 0 Å². The first-order chi connectivity index (χ1) is 8.63. The highest BCUT2D eigenvalue weighted by atomic mass is 35.5. The van der Waals surface area contributed by atoms with Crippen LogP contribution in [0.25, 0.3) is 0 Å². The summed E-state index contributed by atoms with van der Waals surface area (Å²) in [4.78, 5) is 2.55. The van der Waals surface area contributed by atoms with Crippen molar-refractivity contribution in [1.29, 1.82) is 0 Å². The molecule has 2 nitrogen and oxygen atoms in total. The fraction of sp³-hybridized carbons (Fsp3) is 0.571. The Morgan fingerprint density at radius 2 is 1.94 bits per heavy atom. The van der Waals surface area contributed by atoms with Gasteiger partial charge in [0.05, 0.1) is 0 Å². The second-order valence-corrected chi connectivity index (χ2v) is 6.40. The first kappa shape index (κ1) is 12.7. The lowest BCUT2D eigenvalue weighted by Crippen LogP contribution is -2.32. The van der Waals surface area contributed by atoms with Gasteiger partial charge in [-0.25, -0.2) is 0 Å². The minimum atomic E-state index is 0.641. The van der Waals surface area contributed by atoms with Crippen molar-refractivity contribution >= 4 is 23.2 Å². The quantitative estimate of drug-likeness (QED) is 0.898. The van der Waals surface area contributed by atoms with Crippen molar-refractivity contribution in [3.05, 3.63) is 33.8 Å². The van der Waals surface area contributed by atoms with E-state index < -0.39 is 0 Å². The van der Waals surface area contributed by atoms with Crippen molar-refractivity contribution in [3.63, 3.8) is 0 Å². The zero-order chi connectivity index (χ0) is 12.7. The Balaban J connectivity index is 1.73. The van der Waals surface area contributed by atoms with E-state index in [1.807, 2.05) is 12.1 Å². The van der Waals surface area contributed by atoms with Gasteiger partial charge in [0.1, 0.15) is 0 Å². The molecule has 0 aliphatic carbocycles. The Morgan fingerprint density at radius 3 is 2.61 bits per heavy atom. The van der Waals surface area contributed by atoms with Gasteiger partial charge >= 0.3 is 0 Å². The number of benzene rings is 1. The minimum Gasteiger partial charge on any atom is -0.316 e. The number of nitrogens with zero attached hydrogens (tertiary/aromatic N) is 1. The van der Waals surface area contributed by atoms with E-state index in [1.165, 1.54) is 25.2 Å². The average Bonchev–Trinajstić information content (AvgIpc) is 2.83. The second-order valence-electron chi connectivity index (χ2n) is 5.53. The summed E-state index contributed by atoms with van der Waals surface area (Å²) in [7, 11) is 0. The molecule has 0 spiro atoms. The van der Waals surface area contributed by atoms with Gasteiger partial charge in [-0.3, -0.25) is 4.90 Å². The summed E-state index contributed by atoms with van der Waals surface area (Å²) >= 11 is 12.1. The highest BCUT2D eigenvalue weighted by Gasteiger charge is 2.41. The smallest absolute Gasteiger partial charge is 0.0424 e. The maximum Gasteiger partial charge on any atom is 0.0424 e. The van der Waals surface area contributed by atoms with Crippen LogP contribution in [-0.4, -0.2) is 30.6 Å². The highest BCUT2D eigenvalue weighted by Crippen LogP contribution is 2.33. The third-order valence-corrected chi connectivity index (χ3v) is 4.80. The molecule has 2 fully saturated rings. The Morgan fingerprint density at radius 1 is 1.22 bits per heavy atom. The number of likely N-dealkylation sites (tertiary alicyclic amines) is 1. The van der Waals surface area contributed by atoms with Gasteiger partial charge in [0.2, 0.25) is 0 Å². The third-order valence-electron chi connectivity index (χ3n) is 4.36. The summed E-state index contributed by atoms with van der Waals surface area (Å²) in [6.07, 6.45) is 0. The largest absolute Gasteiger partial charge is 0.316 e. The van der Waals surface area contributed by atoms with E-state index in [1.54, 1.807) is 6.07 Å². The van der Waals surface area contributed by atoms with Gasteiger partial charge in [-0.1, -0.05) is 23.2 Å². The molecule has 0 amide bonds. The van der Waals surface area contributed by atoms with Crippen LogP contribution in [0.2, 0.25) is 10.0 Å². The van der Waals surface area contributed by atoms with Gasteiger partial charge in [-0.15, -0.1) is 0 Å². The molecule has 1 N–H and O–H groups in total. The molecule has 2 heterocycles. The molecule has 1 aromatic carbocycles. The molecule has 0 radical (unpaired) electrons. The number of halogens is 2. The van der Waals surface area contributed by atoms with Gasteiger partial charge in [0.25, 0.3) is 0 Å². The SMILES string of the molecule is CC1C2CNCC2CN1Cc1cc(Cl)cc(Cl)c1. The van der Waals surface area contributed by atoms with E-state index in [9.17, 15) is 0 Å². The average molecular weight is 285 g/mol. The third kappa shape index (κ3) is 2.39. The fourth-order valence-electron chi connectivity index (χ4n) is 3.40. The van der Waals surface area contributed by atoms with Gasteiger partial charge in [0, 0.05) is 29.2 Å². The lowest BCUT2D eigenvalue weighted by molar-refractivity contribution is 0.231. The van der Waals surface area contributed by atoms with Crippen LogP contribution in [0.3, 0.4) is 0 Å². The van der Waals surface area contributed by atoms with Crippen LogP contribution in [-0.2, 0) is 6.54 Å². The second kappa shape index (κ2) is 5.01.